The van der Waals surface area contributed by atoms with Crippen molar-refractivity contribution in [3.05, 3.63) is 0 Å². The third kappa shape index (κ3) is 10.9. The zero-order chi connectivity index (χ0) is 11.5. The number of carbonyl (C=O) groups excluding carboxylic acids is 1. The maximum atomic E-state index is 11.3. The van der Waals surface area contributed by atoms with Crippen LogP contribution in [0.4, 0.5) is 0 Å². The Labute approximate surface area is 93.0 Å². The molecule has 3 heteroatoms. The molecule has 0 aliphatic rings. The Morgan fingerprint density at radius 1 is 1.33 bits per heavy atom. The highest BCUT2D eigenvalue weighted by Crippen LogP contribution is 1.97. The van der Waals surface area contributed by atoms with E-state index in [1.54, 1.807) is 0 Å². The van der Waals surface area contributed by atoms with E-state index in [9.17, 15) is 4.79 Å². The standard InChI is InChI=1S/C12H22N2O/c1-4-5-6-7-8-12(15)14-10-9-13-11(2)3/h1,11,13H,5-10H2,2-3H3,(H,14,15). The molecule has 0 saturated carbocycles. The first kappa shape index (κ1) is 14.0. The largest absolute Gasteiger partial charge is 0.355 e. The van der Waals surface area contributed by atoms with Crippen LogP contribution in [0.5, 0.6) is 0 Å². The van der Waals surface area contributed by atoms with Gasteiger partial charge < -0.3 is 10.6 Å². The maximum absolute atomic E-state index is 11.3. The summed E-state index contributed by atoms with van der Waals surface area (Å²) in [5, 5.41) is 6.10. The number of nitrogens with one attached hydrogen (secondary N) is 2. The molecule has 0 saturated heterocycles. The van der Waals surface area contributed by atoms with E-state index in [1.807, 2.05) is 0 Å². The van der Waals surface area contributed by atoms with Crippen molar-refractivity contribution in [2.24, 2.45) is 0 Å². The van der Waals surface area contributed by atoms with Crippen molar-refractivity contribution < 1.29 is 4.79 Å². The molecule has 0 heterocycles. The van der Waals surface area contributed by atoms with Crippen molar-refractivity contribution in [1.82, 2.24) is 10.6 Å². The fourth-order valence-electron chi connectivity index (χ4n) is 1.16. The number of carbonyl (C=O) groups is 1. The topological polar surface area (TPSA) is 41.1 Å². The number of rotatable bonds is 8. The summed E-state index contributed by atoms with van der Waals surface area (Å²) in [6, 6.07) is 0.470. The van der Waals surface area contributed by atoms with E-state index >= 15 is 0 Å². The Hall–Kier alpha value is -1.01. The second kappa shape index (κ2) is 9.54. The zero-order valence-corrected chi connectivity index (χ0v) is 9.81. The van der Waals surface area contributed by atoms with Gasteiger partial charge in [0.15, 0.2) is 0 Å². The molecule has 0 atom stereocenters. The van der Waals surface area contributed by atoms with Gasteiger partial charge in [0.1, 0.15) is 0 Å². The minimum atomic E-state index is 0.123. The molecule has 0 radical (unpaired) electrons. The van der Waals surface area contributed by atoms with Crippen molar-refractivity contribution in [2.75, 3.05) is 13.1 Å². The van der Waals surface area contributed by atoms with Crippen molar-refractivity contribution in [1.29, 1.82) is 0 Å². The van der Waals surface area contributed by atoms with Crippen LogP contribution in [0.1, 0.15) is 39.5 Å². The molecule has 0 bridgehead atoms. The van der Waals surface area contributed by atoms with Crippen molar-refractivity contribution in [3.63, 3.8) is 0 Å². The van der Waals surface area contributed by atoms with E-state index in [0.717, 1.165) is 25.8 Å². The highest BCUT2D eigenvalue weighted by Gasteiger charge is 1.99. The molecule has 86 valence electrons. The summed E-state index contributed by atoms with van der Waals surface area (Å²) >= 11 is 0. The molecule has 0 rings (SSSR count). The average Bonchev–Trinajstić information content (AvgIpc) is 2.19. The highest BCUT2D eigenvalue weighted by molar-refractivity contribution is 5.75. The number of hydrogen-bond acceptors (Lipinski definition) is 2. The second-order valence-electron chi connectivity index (χ2n) is 3.87. The Bertz CT molecular complexity index is 206. The molecule has 1 amide bonds. The summed E-state index contributed by atoms with van der Waals surface area (Å²) in [5.74, 6) is 2.69. The second-order valence-corrected chi connectivity index (χ2v) is 3.87. The van der Waals surface area contributed by atoms with Crippen molar-refractivity contribution in [2.45, 2.75) is 45.6 Å². The van der Waals surface area contributed by atoms with Crippen LogP contribution in [0.3, 0.4) is 0 Å². The van der Waals surface area contributed by atoms with Crippen LogP contribution in [0.15, 0.2) is 0 Å². The summed E-state index contributed by atoms with van der Waals surface area (Å²) < 4.78 is 0. The Kier molecular flexibility index (Phi) is 8.90. The molecule has 2 N–H and O–H groups in total. The predicted molar refractivity (Wildman–Crippen MR) is 63.4 cm³/mol. The molecule has 0 spiro atoms. The van der Waals surface area contributed by atoms with Gasteiger partial charge in [-0.1, -0.05) is 13.8 Å². The molecule has 0 aromatic rings. The lowest BCUT2D eigenvalue weighted by Gasteiger charge is -2.08. The van der Waals surface area contributed by atoms with Gasteiger partial charge in [0, 0.05) is 32.0 Å². The van der Waals surface area contributed by atoms with Gasteiger partial charge in [-0.3, -0.25) is 4.79 Å². The molecular formula is C12H22N2O. The first-order chi connectivity index (χ1) is 7.16. The summed E-state index contributed by atoms with van der Waals surface area (Å²) in [6.07, 6.45) is 8.29. The number of amides is 1. The summed E-state index contributed by atoms with van der Waals surface area (Å²) in [5.41, 5.74) is 0. The van der Waals surface area contributed by atoms with Crippen LogP contribution >= 0.6 is 0 Å². The van der Waals surface area contributed by atoms with Crippen molar-refractivity contribution in [3.8, 4) is 12.3 Å². The molecule has 0 aromatic heterocycles. The van der Waals surface area contributed by atoms with Crippen molar-refractivity contribution >= 4 is 5.91 Å². The smallest absolute Gasteiger partial charge is 0.220 e. The van der Waals surface area contributed by atoms with Crippen LogP contribution < -0.4 is 10.6 Å². The molecule has 3 nitrogen and oxygen atoms in total. The Morgan fingerprint density at radius 2 is 2.07 bits per heavy atom. The van der Waals surface area contributed by atoms with Crippen LogP contribution in [0, 0.1) is 12.3 Å². The lowest BCUT2D eigenvalue weighted by Crippen LogP contribution is -2.34. The van der Waals surface area contributed by atoms with Gasteiger partial charge in [0.25, 0.3) is 0 Å². The Morgan fingerprint density at radius 3 is 2.67 bits per heavy atom. The van der Waals surface area contributed by atoms with E-state index in [2.05, 4.69) is 30.4 Å². The van der Waals surface area contributed by atoms with Gasteiger partial charge in [0.2, 0.25) is 5.91 Å². The monoisotopic (exact) mass is 210 g/mol. The number of hydrogen-bond donors (Lipinski definition) is 2. The lowest BCUT2D eigenvalue weighted by molar-refractivity contribution is -0.121. The first-order valence-electron chi connectivity index (χ1n) is 5.60. The molecule has 0 unspecified atom stereocenters. The summed E-state index contributed by atoms with van der Waals surface area (Å²) in [7, 11) is 0. The average molecular weight is 210 g/mol. The normalized spacial score (nSPS) is 10.0. The van der Waals surface area contributed by atoms with Crippen LogP contribution in [-0.4, -0.2) is 25.0 Å². The van der Waals surface area contributed by atoms with E-state index in [4.69, 9.17) is 6.42 Å². The van der Waals surface area contributed by atoms with Gasteiger partial charge >= 0.3 is 0 Å². The van der Waals surface area contributed by atoms with E-state index in [1.165, 1.54) is 0 Å². The minimum absolute atomic E-state index is 0.123. The minimum Gasteiger partial charge on any atom is -0.355 e. The highest BCUT2D eigenvalue weighted by atomic mass is 16.1. The van der Waals surface area contributed by atoms with Gasteiger partial charge in [-0.25, -0.2) is 0 Å². The summed E-state index contributed by atoms with van der Waals surface area (Å²) in [4.78, 5) is 11.3. The Balaban J connectivity index is 3.23. The SMILES string of the molecule is C#CCCCCC(=O)NCCNC(C)C. The summed E-state index contributed by atoms with van der Waals surface area (Å²) in [6.45, 7) is 5.70. The van der Waals surface area contributed by atoms with Gasteiger partial charge in [0.05, 0.1) is 0 Å². The third-order valence-corrected chi connectivity index (χ3v) is 1.97. The van der Waals surface area contributed by atoms with E-state index in [0.29, 0.717) is 19.0 Å². The van der Waals surface area contributed by atoms with E-state index in [-0.39, 0.29) is 5.91 Å². The zero-order valence-electron chi connectivity index (χ0n) is 9.81. The quantitative estimate of drug-likeness (QED) is 0.468. The molecular weight excluding hydrogens is 188 g/mol. The lowest BCUT2D eigenvalue weighted by atomic mass is 10.2. The molecule has 0 aliphatic heterocycles. The number of unbranched alkanes of at least 4 members (excludes halogenated alkanes) is 2. The van der Waals surface area contributed by atoms with Gasteiger partial charge in [-0.05, 0) is 12.8 Å². The predicted octanol–water partition coefficient (Wildman–Crippen LogP) is 1.29. The first-order valence-corrected chi connectivity index (χ1v) is 5.60. The van der Waals surface area contributed by atoms with Gasteiger partial charge in [-0.15, -0.1) is 12.3 Å². The van der Waals surface area contributed by atoms with Crippen LogP contribution in [0.2, 0.25) is 0 Å². The molecule has 0 aliphatic carbocycles. The fraction of sp³-hybridized carbons (Fsp3) is 0.750. The fourth-order valence-corrected chi connectivity index (χ4v) is 1.16. The number of terminal acetylenes is 1. The van der Waals surface area contributed by atoms with E-state index < -0.39 is 0 Å². The third-order valence-electron chi connectivity index (χ3n) is 1.97. The van der Waals surface area contributed by atoms with Crippen LogP contribution in [-0.2, 0) is 4.79 Å². The van der Waals surface area contributed by atoms with Gasteiger partial charge in [-0.2, -0.15) is 0 Å². The molecule has 0 fully saturated rings. The maximum Gasteiger partial charge on any atom is 0.220 e. The van der Waals surface area contributed by atoms with Crippen LogP contribution in [0.25, 0.3) is 0 Å². The molecule has 0 aromatic carbocycles. The molecule has 15 heavy (non-hydrogen) atoms.